The van der Waals surface area contributed by atoms with E-state index in [2.05, 4.69) is 9.97 Å². The van der Waals surface area contributed by atoms with Crippen molar-refractivity contribution in [3.05, 3.63) is 54.0 Å². The zero-order valence-corrected chi connectivity index (χ0v) is 16.3. The van der Waals surface area contributed by atoms with Crippen LogP contribution in [-0.2, 0) is 4.74 Å². The van der Waals surface area contributed by atoms with E-state index in [0.29, 0.717) is 25.0 Å². The second-order valence-corrected chi connectivity index (χ2v) is 7.85. The molecule has 6 nitrogen and oxygen atoms in total. The number of rotatable bonds is 4. The molecule has 1 aromatic heterocycles. The first kappa shape index (κ1) is 18.9. The van der Waals surface area contributed by atoms with E-state index in [0.717, 1.165) is 50.1 Å². The number of aryl methyl sites for hydroxylation is 1. The monoisotopic (exact) mass is 381 g/mol. The van der Waals surface area contributed by atoms with Gasteiger partial charge in [-0.1, -0.05) is 18.2 Å². The average molecular weight is 381 g/mol. The first-order chi connectivity index (χ1) is 13.7. The van der Waals surface area contributed by atoms with Crippen molar-refractivity contribution in [2.75, 3.05) is 32.9 Å². The minimum Gasteiger partial charge on any atom is -0.476 e. The molecule has 148 valence electrons. The van der Waals surface area contributed by atoms with Crippen LogP contribution in [0.2, 0.25) is 0 Å². The number of piperidine rings is 1. The van der Waals surface area contributed by atoms with Gasteiger partial charge in [-0.2, -0.15) is 0 Å². The highest BCUT2D eigenvalue weighted by Gasteiger charge is 2.44. The van der Waals surface area contributed by atoms with Crippen molar-refractivity contribution in [1.82, 2.24) is 14.9 Å². The lowest BCUT2D eigenvalue weighted by molar-refractivity contribution is -0.0826. The van der Waals surface area contributed by atoms with E-state index < -0.39 is 0 Å². The molecular formula is C22H27N3O3. The van der Waals surface area contributed by atoms with Crippen LogP contribution in [-0.4, -0.2) is 53.7 Å². The van der Waals surface area contributed by atoms with Gasteiger partial charge in [-0.05, 0) is 43.2 Å². The maximum Gasteiger partial charge on any atom is 0.254 e. The number of aromatic nitrogens is 2. The summed E-state index contributed by atoms with van der Waals surface area (Å²) in [6.07, 6.45) is 7.91. The molecule has 1 aromatic carbocycles. The normalized spacial score (nSPS) is 21.5. The molecule has 2 aliphatic heterocycles. The van der Waals surface area contributed by atoms with Gasteiger partial charge in [-0.3, -0.25) is 9.78 Å². The number of hydrogen-bond donors (Lipinski definition) is 0. The number of likely N-dealkylation sites (tertiary alicyclic amines) is 1. The summed E-state index contributed by atoms with van der Waals surface area (Å²) >= 11 is 0. The molecule has 0 bridgehead atoms. The highest BCUT2D eigenvalue weighted by atomic mass is 16.5. The molecule has 0 unspecified atom stereocenters. The van der Waals surface area contributed by atoms with Gasteiger partial charge in [0.1, 0.15) is 0 Å². The van der Waals surface area contributed by atoms with Crippen LogP contribution in [0.4, 0.5) is 0 Å². The molecule has 1 atom stereocenters. The molecule has 0 saturated carbocycles. The lowest BCUT2D eigenvalue weighted by atomic mass is 9.66. The van der Waals surface area contributed by atoms with Crippen molar-refractivity contribution >= 4 is 5.91 Å². The second kappa shape index (κ2) is 8.27. The maximum absolute atomic E-state index is 12.9. The zero-order valence-electron chi connectivity index (χ0n) is 16.3. The first-order valence-electron chi connectivity index (χ1n) is 9.99. The number of benzene rings is 1. The van der Waals surface area contributed by atoms with Crippen LogP contribution < -0.4 is 4.74 Å². The van der Waals surface area contributed by atoms with Gasteiger partial charge in [-0.25, -0.2) is 4.98 Å². The number of carbonyl (C=O) groups is 1. The van der Waals surface area contributed by atoms with Crippen molar-refractivity contribution in [3.8, 4) is 5.88 Å². The van der Waals surface area contributed by atoms with E-state index in [4.69, 9.17) is 9.47 Å². The van der Waals surface area contributed by atoms with Crippen molar-refractivity contribution in [2.45, 2.75) is 26.2 Å². The predicted molar refractivity (Wildman–Crippen MR) is 105 cm³/mol. The fourth-order valence-electron chi connectivity index (χ4n) is 4.45. The SMILES string of the molecule is Cc1ccccc1C(=O)N1CCC2(CCOC[C@H]2COc2cnccn2)CC1. The minimum absolute atomic E-state index is 0.146. The fraction of sp³-hybridized carbons (Fsp3) is 0.500. The Hall–Kier alpha value is -2.47. The number of carbonyl (C=O) groups excluding carboxylic acids is 1. The van der Waals surface area contributed by atoms with Gasteiger partial charge < -0.3 is 14.4 Å². The molecule has 1 spiro atoms. The summed E-state index contributed by atoms with van der Waals surface area (Å²) in [5.74, 6) is 1.00. The molecular weight excluding hydrogens is 354 g/mol. The average Bonchev–Trinajstić information content (AvgIpc) is 2.74. The third-order valence-corrected chi connectivity index (χ3v) is 6.32. The Balaban J connectivity index is 1.40. The van der Waals surface area contributed by atoms with Crippen LogP contribution in [0.1, 0.15) is 35.2 Å². The highest BCUT2D eigenvalue weighted by Crippen LogP contribution is 2.45. The molecule has 6 heteroatoms. The molecule has 3 heterocycles. The molecule has 2 aliphatic rings. The Kier molecular flexibility index (Phi) is 5.57. The Morgan fingerprint density at radius 2 is 2.07 bits per heavy atom. The summed E-state index contributed by atoms with van der Waals surface area (Å²) in [5, 5.41) is 0. The molecule has 2 saturated heterocycles. The molecule has 4 rings (SSSR count). The van der Waals surface area contributed by atoms with E-state index in [1.54, 1.807) is 18.6 Å². The van der Waals surface area contributed by atoms with Crippen LogP contribution in [0.15, 0.2) is 42.9 Å². The quantitative estimate of drug-likeness (QED) is 0.814. The van der Waals surface area contributed by atoms with Gasteiger partial charge >= 0.3 is 0 Å². The standard InChI is InChI=1S/C22H27N3O3/c1-17-4-2-3-5-19(17)21(26)25-11-6-22(7-12-25)8-13-27-15-18(22)16-28-20-14-23-9-10-24-20/h2-5,9-10,14,18H,6-8,11-13,15-16H2,1H3/t18-/m0/s1. The third-order valence-electron chi connectivity index (χ3n) is 6.32. The van der Waals surface area contributed by atoms with Crippen LogP contribution >= 0.6 is 0 Å². The van der Waals surface area contributed by atoms with Gasteiger partial charge in [-0.15, -0.1) is 0 Å². The Bertz CT molecular complexity index is 804. The van der Waals surface area contributed by atoms with Gasteiger partial charge in [0.15, 0.2) is 0 Å². The summed E-state index contributed by atoms with van der Waals surface area (Å²) in [5.41, 5.74) is 2.02. The molecule has 0 radical (unpaired) electrons. The highest BCUT2D eigenvalue weighted by molar-refractivity contribution is 5.95. The zero-order chi connectivity index (χ0) is 19.4. The smallest absolute Gasteiger partial charge is 0.254 e. The minimum atomic E-state index is 0.146. The van der Waals surface area contributed by atoms with Gasteiger partial charge in [0.2, 0.25) is 5.88 Å². The number of nitrogens with zero attached hydrogens (tertiary/aromatic N) is 3. The number of ether oxygens (including phenoxy) is 2. The summed E-state index contributed by atoms with van der Waals surface area (Å²) < 4.78 is 11.7. The first-order valence-corrected chi connectivity index (χ1v) is 9.99. The van der Waals surface area contributed by atoms with Crippen molar-refractivity contribution in [3.63, 3.8) is 0 Å². The van der Waals surface area contributed by atoms with E-state index in [1.807, 2.05) is 36.1 Å². The largest absolute Gasteiger partial charge is 0.476 e. The van der Waals surface area contributed by atoms with Crippen LogP contribution in [0.25, 0.3) is 0 Å². The molecule has 2 aromatic rings. The van der Waals surface area contributed by atoms with Crippen molar-refractivity contribution in [1.29, 1.82) is 0 Å². The van der Waals surface area contributed by atoms with E-state index in [1.165, 1.54) is 0 Å². The summed E-state index contributed by atoms with van der Waals surface area (Å²) in [7, 11) is 0. The van der Waals surface area contributed by atoms with Crippen molar-refractivity contribution < 1.29 is 14.3 Å². The van der Waals surface area contributed by atoms with Crippen LogP contribution in [0, 0.1) is 18.3 Å². The number of amides is 1. The summed E-state index contributed by atoms with van der Waals surface area (Å²) in [4.78, 5) is 23.2. The number of hydrogen-bond acceptors (Lipinski definition) is 5. The molecule has 2 fully saturated rings. The fourth-order valence-corrected chi connectivity index (χ4v) is 4.45. The van der Waals surface area contributed by atoms with Crippen molar-refractivity contribution in [2.24, 2.45) is 11.3 Å². The Morgan fingerprint density at radius 3 is 2.82 bits per heavy atom. The predicted octanol–water partition coefficient (Wildman–Crippen LogP) is 3.12. The lowest BCUT2D eigenvalue weighted by Gasteiger charge is -2.48. The maximum atomic E-state index is 12.9. The van der Waals surface area contributed by atoms with E-state index in [9.17, 15) is 4.79 Å². The topological polar surface area (TPSA) is 64.6 Å². The second-order valence-electron chi connectivity index (χ2n) is 7.85. The Morgan fingerprint density at radius 1 is 1.25 bits per heavy atom. The summed E-state index contributed by atoms with van der Waals surface area (Å²) in [6.45, 7) is 5.63. The lowest BCUT2D eigenvalue weighted by Crippen LogP contribution is -2.51. The van der Waals surface area contributed by atoms with Gasteiger partial charge in [0.05, 0.1) is 19.4 Å². The van der Waals surface area contributed by atoms with E-state index >= 15 is 0 Å². The molecule has 0 N–H and O–H groups in total. The third kappa shape index (κ3) is 3.87. The summed E-state index contributed by atoms with van der Waals surface area (Å²) in [6, 6.07) is 7.83. The van der Waals surface area contributed by atoms with Gasteiger partial charge in [0, 0.05) is 43.6 Å². The van der Waals surface area contributed by atoms with Crippen LogP contribution in [0.3, 0.4) is 0 Å². The van der Waals surface area contributed by atoms with Gasteiger partial charge in [0.25, 0.3) is 5.91 Å². The molecule has 0 aliphatic carbocycles. The molecule has 1 amide bonds. The Labute approximate surface area is 165 Å². The van der Waals surface area contributed by atoms with E-state index in [-0.39, 0.29) is 11.3 Å². The van der Waals surface area contributed by atoms with Crippen LogP contribution in [0.5, 0.6) is 5.88 Å². The molecule has 28 heavy (non-hydrogen) atoms.